The second-order valence-electron chi connectivity index (χ2n) is 7.21. The van der Waals surface area contributed by atoms with Crippen LogP contribution in [0.4, 0.5) is 0 Å². The molecule has 0 amide bonds. The molecule has 0 saturated heterocycles. The summed E-state index contributed by atoms with van der Waals surface area (Å²) in [5.41, 5.74) is 4.95. The fraction of sp³-hybridized carbons (Fsp3) is 0.429. The third-order valence-electron chi connectivity index (χ3n) is 5.56. The lowest BCUT2D eigenvalue weighted by Gasteiger charge is -2.23. The first-order valence-corrected chi connectivity index (χ1v) is 9.12. The second kappa shape index (κ2) is 6.51. The van der Waals surface area contributed by atoms with Crippen LogP contribution in [0.2, 0.25) is 0 Å². The molecule has 0 fully saturated rings. The van der Waals surface area contributed by atoms with E-state index in [2.05, 4.69) is 54.3 Å². The number of nitrogens with zero attached hydrogens (tertiary/aromatic N) is 2. The number of aromatic nitrogens is 1. The highest BCUT2D eigenvalue weighted by atomic mass is 16.5. The monoisotopic (exact) mass is 335 g/mol. The SMILES string of the molecule is CC1=COC2=C(C(CC3=NCCN3)c3ccccn3)C(C)C(C)C2=C1. The van der Waals surface area contributed by atoms with Crippen molar-refractivity contribution >= 4 is 5.84 Å². The number of rotatable bonds is 4. The zero-order valence-corrected chi connectivity index (χ0v) is 15.1. The van der Waals surface area contributed by atoms with E-state index >= 15 is 0 Å². The highest BCUT2D eigenvalue weighted by Gasteiger charge is 2.40. The first-order chi connectivity index (χ1) is 12.1. The Kier molecular flexibility index (Phi) is 4.20. The lowest BCUT2D eigenvalue weighted by atomic mass is 9.82. The van der Waals surface area contributed by atoms with Crippen molar-refractivity contribution < 1.29 is 4.74 Å². The van der Waals surface area contributed by atoms with E-state index in [1.54, 1.807) is 0 Å². The first kappa shape index (κ1) is 16.1. The van der Waals surface area contributed by atoms with Gasteiger partial charge < -0.3 is 10.1 Å². The highest BCUT2D eigenvalue weighted by Crippen LogP contribution is 2.49. The van der Waals surface area contributed by atoms with Gasteiger partial charge in [-0.1, -0.05) is 19.9 Å². The summed E-state index contributed by atoms with van der Waals surface area (Å²) in [6, 6.07) is 6.16. The minimum absolute atomic E-state index is 0.190. The van der Waals surface area contributed by atoms with Crippen LogP contribution >= 0.6 is 0 Å². The summed E-state index contributed by atoms with van der Waals surface area (Å²) >= 11 is 0. The Labute approximate surface area is 149 Å². The number of hydrogen-bond donors (Lipinski definition) is 1. The molecule has 130 valence electrons. The van der Waals surface area contributed by atoms with E-state index in [1.165, 1.54) is 16.7 Å². The van der Waals surface area contributed by atoms with E-state index in [0.29, 0.717) is 11.8 Å². The maximum atomic E-state index is 6.10. The molecule has 4 nitrogen and oxygen atoms in total. The van der Waals surface area contributed by atoms with Gasteiger partial charge in [-0.15, -0.1) is 0 Å². The average molecular weight is 335 g/mol. The molecule has 0 saturated carbocycles. The largest absolute Gasteiger partial charge is 0.464 e. The number of aliphatic imine (C=N–C) groups is 1. The minimum Gasteiger partial charge on any atom is -0.464 e. The van der Waals surface area contributed by atoms with Crippen LogP contribution in [0.15, 0.2) is 64.2 Å². The second-order valence-corrected chi connectivity index (χ2v) is 7.21. The summed E-state index contributed by atoms with van der Waals surface area (Å²) in [6.45, 7) is 8.50. The molecule has 0 radical (unpaired) electrons. The molecule has 0 aromatic carbocycles. The van der Waals surface area contributed by atoms with Crippen LogP contribution in [-0.2, 0) is 4.74 Å². The smallest absolute Gasteiger partial charge is 0.130 e. The van der Waals surface area contributed by atoms with Crippen molar-refractivity contribution in [2.45, 2.75) is 33.1 Å². The quantitative estimate of drug-likeness (QED) is 0.906. The molecule has 1 aliphatic carbocycles. The van der Waals surface area contributed by atoms with Crippen LogP contribution < -0.4 is 5.32 Å². The molecule has 4 rings (SSSR count). The maximum Gasteiger partial charge on any atom is 0.130 e. The summed E-state index contributed by atoms with van der Waals surface area (Å²) in [7, 11) is 0. The van der Waals surface area contributed by atoms with Crippen molar-refractivity contribution in [3.63, 3.8) is 0 Å². The Morgan fingerprint density at radius 1 is 1.28 bits per heavy atom. The Balaban J connectivity index is 1.78. The standard InChI is InChI=1S/C21H25N3O/c1-13-10-16-14(2)15(3)20(21(16)25-12-13)17(11-19-23-8-9-24-19)18-6-4-5-7-22-18/h4-7,10,12,14-15,17H,8-9,11H2,1-3H3,(H,23,24). The summed E-state index contributed by atoms with van der Waals surface area (Å²) < 4.78 is 6.10. The summed E-state index contributed by atoms with van der Waals surface area (Å²) in [6.07, 6.45) is 6.87. The number of fused-ring (bicyclic) bond motifs is 1. The minimum atomic E-state index is 0.190. The maximum absolute atomic E-state index is 6.10. The Bertz CT molecular complexity index is 789. The summed E-state index contributed by atoms with van der Waals surface area (Å²) in [5.74, 6) is 3.21. The van der Waals surface area contributed by atoms with Gasteiger partial charge in [-0.05, 0) is 53.7 Å². The lowest BCUT2D eigenvalue weighted by Crippen LogP contribution is -2.23. The Hall–Kier alpha value is -2.36. The van der Waals surface area contributed by atoms with E-state index in [9.17, 15) is 0 Å². The zero-order chi connectivity index (χ0) is 17.4. The van der Waals surface area contributed by atoms with Crippen molar-refractivity contribution in [3.05, 3.63) is 64.9 Å². The van der Waals surface area contributed by atoms with E-state index < -0.39 is 0 Å². The predicted molar refractivity (Wildman–Crippen MR) is 100 cm³/mol. The fourth-order valence-corrected chi connectivity index (χ4v) is 4.09. The summed E-state index contributed by atoms with van der Waals surface area (Å²) in [4.78, 5) is 9.29. The number of nitrogens with one attached hydrogen (secondary N) is 1. The number of pyridine rings is 1. The molecule has 3 aliphatic rings. The Morgan fingerprint density at radius 2 is 2.16 bits per heavy atom. The average Bonchev–Trinajstić information content (AvgIpc) is 3.22. The van der Waals surface area contributed by atoms with Crippen molar-refractivity contribution in [1.29, 1.82) is 0 Å². The molecule has 3 heterocycles. The molecular weight excluding hydrogens is 310 g/mol. The van der Waals surface area contributed by atoms with Gasteiger partial charge in [0, 0.05) is 30.8 Å². The highest BCUT2D eigenvalue weighted by molar-refractivity contribution is 5.84. The van der Waals surface area contributed by atoms with E-state index in [0.717, 1.165) is 36.8 Å². The zero-order valence-electron chi connectivity index (χ0n) is 15.1. The lowest BCUT2D eigenvalue weighted by molar-refractivity contribution is 0.346. The van der Waals surface area contributed by atoms with Crippen LogP contribution in [0.1, 0.15) is 38.8 Å². The molecule has 2 aliphatic heterocycles. The van der Waals surface area contributed by atoms with Crippen molar-refractivity contribution in [2.75, 3.05) is 13.1 Å². The Morgan fingerprint density at radius 3 is 2.88 bits per heavy atom. The molecule has 3 unspecified atom stereocenters. The molecule has 0 bridgehead atoms. The molecule has 3 atom stereocenters. The van der Waals surface area contributed by atoms with Gasteiger partial charge in [-0.2, -0.15) is 0 Å². The van der Waals surface area contributed by atoms with E-state index in [1.807, 2.05) is 18.5 Å². The van der Waals surface area contributed by atoms with Gasteiger partial charge >= 0.3 is 0 Å². The van der Waals surface area contributed by atoms with Crippen LogP contribution in [0, 0.1) is 11.8 Å². The molecule has 1 aromatic rings. The molecular formula is C21H25N3O. The number of allylic oxidation sites excluding steroid dienone is 4. The third kappa shape index (κ3) is 2.90. The molecule has 1 aromatic heterocycles. The van der Waals surface area contributed by atoms with Gasteiger partial charge in [0.05, 0.1) is 18.6 Å². The number of amidine groups is 1. The van der Waals surface area contributed by atoms with Gasteiger partial charge in [0.25, 0.3) is 0 Å². The van der Waals surface area contributed by atoms with E-state index in [4.69, 9.17) is 4.74 Å². The van der Waals surface area contributed by atoms with E-state index in [-0.39, 0.29) is 5.92 Å². The normalized spacial score (nSPS) is 26.3. The van der Waals surface area contributed by atoms with Crippen molar-refractivity contribution in [3.8, 4) is 0 Å². The predicted octanol–water partition coefficient (Wildman–Crippen LogP) is 3.96. The topological polar surface area (TPSA) is 46.5 Å². The van der Waals surface area contributed by atoms with Crippen LogP contribution in [0.5, 0.6) is 0 Å². The fourth-order valence-electron chi connectivity index (χ4n) is 4.09. The van der Waals surface area contributed by atoms with Crippen molar-refractivity contribution in [2.24, 2.45) is 16.8 Å². The molecule has 25 heavy (non-hydrogen) atoms. The van der Waals surface area contributed by atoms with Crippen molar-refractivity contribution in [1.82, 2.24) is 10.3 Å². The van der Waals surface area contributed by atoms with Gasteiger partial charge in [-0.3, -0.25) is 9.98 Å². The molecule has 1 N–H and O–H groups in total. The van der Waals surface area contributed by atoms with Gasteiger partial charge in [0.1, 0.15) is 5.76 Å². The third-order valence-corrected chi connectivity index (χ3v) is 5.56. The van der Waals surface area contributed by atoms with Gasteiger partial charge in [0.15, 0.2) is 0 Å². The first-order valence-electron chi connectivity index (χ1n) is 9.12. The van der Waals surface area contributed by atoms with Gasteiger partial charge in [-0.25, -0.2) is 0 Å². The van der Waals surface area contributed by atoms with Gasteiger partial charge in [0.2, 0.25) is 0 Å². The number of ether oxygens (including phenoxy) is 1. The number of hydrogen-bond acceptors (Lipinski definition) is 4. The van der Waals surface area contributed by atoms with Crippen LogP contribution in [0.3, 0.4) is 0 Å². The van der Waals surface area contributed by atoms with Crippen LogP contribution in [0.25, 0.3) is 0 Å². The van der Waals surface area contributed by atoms with Crippen LogP contribution in [-0.4, -0.2) is 23.9 Å². The summed E-state index contributed by atoms with van der Waals surface area (Å²) in [5, 5.41) is 3.42. The molecule has 4 heteroatoms. The molecule has 0 spiro atoms.